The van der Waals surface area contributed by atoms with Gasteiger partial charge in [0.15, 0.2) is 5.17 Å². The lowest BCUT2D eigenvalue weighted by Crippen LogP contribution is -2.63. The predicted molar refractivity (Wildman–Crippen MR) is 132 cm³/mol. The largest absolute Gasteiger partial charge is 0.425 e. The van der Waals surface area contributed by atoms with Gasteiger partial charge in [0, 0.05) is 0 Å². The van der Waals surface area contributed by atoms with Crippen LogP contribution in [0.1, 0.15) is 27.8 Å². The quantitative estimate of drug-likeness (QED) is 0.425. The number of carbonyl (C=O) groups is 1. The van der Waals surface area contributed by atoms with Gasteiger partial charge >= 0.3 is 12.2 Å². The number of hydrogen-bond acceptors (Lipinski definition) is 3. The average molecular weight is 484 g/mol. The molecule has 1 aliphatic heterocycles. The third-order valence-electron chi connectivity index (χ3n) is 5.97. The van der Waals surface area contributed by atoms with Crippen molar-refractivity contribution in [2.45, 2.75) is 38.7 Å². The average Bonchev–Trinajstić information content (AvgIpc) is 2.78. The Morgan fingerprint density at radius 1 is 0.853 bits per heavy atom. The Hall–Kier alpha value is -3.26. The Morgan fingerprint density at radius 3 is 2.06 bits per heavy atom. The molecule has 1 N–H and O–H groups in total. The van der Waals surface area contributed by atoms with Gasteiger partial charge in [-0.1, -0.05) is 42.5 Å². The molecule has 4 rings (SSSR count). The molecule has 2 amide bonds. The van der Waals surface area contributed by atoms with E-state index in [-0.39, 0.29) is 10.7 Å². The minimum absolute atomic E-state index is 0.0589. The Labute approximate surface area is 200 Å². The van der Waals surface area contributed by atoms with Gasteiger partial charge in [-0.05, 0) is 91.5 Å². The standard InChI is InChI=1S/C26H24F3N3OS/c1-16-10-12-21(14-18(16)3)30-24-32(22-13-11-17(2)19(4)15-22)23(33)31-25(34-24,26(27,28)29)20-8-6-5-7-9-20/h5-15H,1-4H3,(H,31,33)/t25-/m1/s1. The van der Waals surface area contributed by atoms with E-state index >= 15 is 0 Å². The van der Waals surface area contributed by atoms with Crippen LogP contribution < -0.4 is 10.2 Å². The van der Waals surface area contributed by atoms with Gasteiger partial charge in [-0.3, -0.25) is 0 Å². The van der Waals surface area contributed by atoms with E-state index in [0.29, 0.717) is 23.1 Å². The number of rotatable bonds is 3. The molecular formula is C26H24F3N3OS. The van der Waals surface area contributed by atoms with Crippen LogP contribution in [0.4, 0.5) is 29.3 Å². The van der Waals surface area contributed by atoms with Gasteiger partial charge in [-0.15, -0.1) is 0 Å². The fraction of sp³-hybridized carbons (Fsp3) is 0.231. The van der Waals surface area contributed by atoms with E-state index in [4.69, 9.17) is 0 Å². The van der Waals surface area contributed by atoms with Crippen molar-refractivity contribution in [1.82, 2.24) is 5.32 Å². The normalized spacial score (nSPS) is 19.9. The lowest BCUT2D eigenvalue weighted by Gasteiger charge is -2.43. The Morgan fingerprint density at radius 2 is 1.47 bits per heavy atom. The highest BCUT2D eigenvalue weighted by Crippen LogP contribution is 2.51. The molecule has 1 aliphatic rings. The lowest BCUT2D eigenvalue weighted by molar-refractivity contribution is -0.167. The number of amidine groups is 1. The van der Waals surface area contributed by atoms with Crippen LogP contribution >= 0.6 is 11.8 Å². The first-order valence-corrected chi connectivity index (χ1v) is 11.5. The van der Waals surface area contributed by atoms with Crippen LogP contribution in [0.3, 0.4) is 0 Å². The van der Waals surface area contributed by atoms with Gasteiger partial charge in [0.05, 0.1) is 11.4 Å². The summed E-state index contributed by atoms with van der Waals surface area (Å²) < 4.78 is 43.9. The van der Waals surface area contributed by atoms with Crippen LogP contribution in [-0.4, -0.2) is 17.4 Å². The third kappa shape index (κ3) is 4.30. The van der Waals surface area contributed by atoms with Crippen molar-refractivity contribution < 1.29 is 18.0 Å². The summed E-state index contributed by atoms with van der Waals surface area (Å²) in [4.78, 5) is 16.5. The Bertz CT molecular complexity index is 1270. The molecule has 1 heterocycles. The van der Waals surface area contributed by atoms with Gasteiger partial charge in [0.2, 0.25) is 4.87 Å². The molecule has 176 valence electrons. The SMILES string of the molecule is Cc1ccc(N=C2S[C@](c3ccccc3)(C(F)(F)F)NC(=O)N2c2ccc(C)c(C)c2)cc1C. The summed E-state index contributed by atoms with van der Waals surface area (Å²) in [6, 6.07) is 17.2. The molecule has 0 aromatic heterocycles. The second-order valence-electron chi connectivity index (χ2n) is 8.34. The van der Waals surface area contributed by atoms with Gasteiger partial charge < -0.3 is 5.32 Å². The number of alkyl halides is 3. The summed E-state index contributed by atoms with van der Waals surface area (Å²) in [5.74, 6) is 0. The number of aryl methyl sites for hydroxylation is 4. The molecule has 8 heteroatoms. The van der Waals surface area contributed by atoms with E-state index in [9.17, 15) is 18.0 Å². The smallest absolute Gasteiger partial charge is 0.311 e. The van der Waals surface area contributed by atoms with Crippen LogP contribution in [0.2, 0.25) is 0 Å². The molecule has 0 spiro atoms. The van der Waals surface area contributed by atoms with Crippen molar-refractivity contribution in [3.05, 3.63) is 94.5 Å². The Balaban J connectivity index is 1.92. The van der Waals surface area contributed by atoms with Crippen LogP contribution in [-0.2, 0) is 4.87 Å². The molecule has 3 aromatic rings. The highest BCUT2D eigenvalue weighted by Gasteiger charge is 2.62. The highest BCUT2D eigenvalue weighted by molar-refractivity contribution is 8.15. The molecule has 3 aromatic carbocycles. The van der Waals surface area contributed by atoms with Crippen molar-refractivity contribution in [2.75, 3.05) is 4.90 Å². The van der Waals surface area contributed by atoms with Crippen molar-refractivity contribution in [3.8, 4) is 0 Å². The molecule has 0 radical (unpaired) electrons. The summed E-state index contributed by atoms with van der Waals surface area (Å²) in [6.45, 7) is 7.67. The molecule has 4 nitrogen and oxygen atoms in total. The molecule has 1 saturated heterocycles. The molecule has 0 bridgehead atoms. The number of anilines is 1. The fourth-order valence-corrected chi connectivity index (χ4v) is 4.88. The highest BCUT2D eigenvalue weighted by atomic mass is 32.2. The molecule has 0 saturated carbocycles. The first-order chi connectivity index (χ1) is 16.0. The van der Waals surface area contributed by atoms with E-state index in [1.54, 1.807) is 30.3 Å². The molecule has 1 atom stereocenters. The second-order valence-corrected chi connectivity index (χ2v) is 9.53. The summed E-state index contributed by atoms with van der Waals surface area (Å²) in [7, 11) is 0. The van der Waals surface area contributed by atoms with E-state index in [1.807, 2.05) is 39.8 Å². The number of halogens is 3. The third-order valence-corrected chi connectivity index (χ3v) is 7.30. The van der Waals surface area contributed by atoms with E-state index < -0.39 is 17.1 Å². The molecule has 0 unspecified atom stereocenters. The maximum Gasteiger partial charge on any atom is 0.425 e. The monoisotopic (exact) mass is 483 g/mol. The number of benzene rings is 3. The van der Waals surface area contributed by atoms with Crippen molar-refractivity contribution >= 4 is 34.3 Å². The zero-order valence-corrected chi connectivity index (χ0v) is 20.0. The minimum atomic E-state index is -4.78. The van der Waals surface area contributed by atoms with Gasteiger partial charge in [0.25, 0.3) is 0 Å². The summed E-state index contributed by atoms with van der Waals surface area (Å²) in [5.41, 5.74) is 4.76. The number of carbonyl (C=O) groups excluding carboxylic acids is 1. The van der Waals surface area contributed by atoms with Gasteiger partial charge in [0.1, 0.15) is 0 Å². The van der Waals surface area contributed by atoms with Crippen molar-refractivity contribution in [3.63, 3.8) is 0 Å². The maximum atomic E-state index is 14.6. The van der Waals surface area contributed by atoms with Crippen molar-refractivity contribution in [1.29, 1.82) is 0 Å². The predicted octanol–water partition coefficient (Wildman–Crippen LogP) is 7.29. The number of thioether (sulfide) groups is 1. The lowest BCUT2D eigenvalue weighted by atomic mass is 10.1. The summed E-state index contributed by atoms with van der Waals surface area (Å²) >= 11 is 0.480. The topological polar surface area (TPSA) is 44.7 Å². The number of amides is 2. The molecule has 34 heavy (non-hydrogen) atoms. The first-order valence-electron chi connectivity index (χ1n) is 10.7. The summed E-state index contributed by atoms with van der Waals surface area (Å²) in [5, 5.41) is 2.19. The van der Waals surface area contributed by atoms with Crippen LogP contribution in [0.15, 0.2) is 71.7 Å². The van der Waals surface area contributed by atoms with Crippen LogP contribution in [0.5, 0.6) is 0 Å². The molecule has 0 aliphatic carbocycles. The fourth-order valence-electron chi connectivity index (χ4n) is 3.67. The minimum Gasteiger partial charge on any atom is -0.311 e. The summed E-state index contributed by atoms with van der Waals surface area (Å²) in [6.07, 6.45) is -4.78. The number of aliphatic imine (C=N–C) groups is 1. The van der Waals surface area contributed by atoms with E-state index in [2.05, 4.69) is 10.3 Å². The van der Waals surface area contributed by atoms with Gasteiger partial charge in [-0.2, -0.15) is 13.2 Å². The number of urea groups is 1. The first kappa shape index (κ1) is 23.9. The van der Waals surface area contributed by atoms with Gasteiger partial charge in [-0.25, -0.2) is 14.7 Å². The zero-order chi connectivity index (χ0) is 24.7. The van der Waals surface area contributed by atoms with E-state index in [0.717, 1.165) is 22.3 Å². The molecule has 1 fully saturated rings. The number of nitrogens with one attached hydrogen (secondary N) is 1. The van der Waals surface area contributed by atoms with E-state index in [1.165, 1.54) is 29.2 Å². The second kappa shape index (κ2) is 8.83. The van der Waals surface area contributed by atoms with Crippen molar-refractivity contribution in [2.24, 2.45) is 4.99 Å². The number of hydrogen-bond donors (Lipinski definition) is 1. The van der Waals surface area contributed by atoms with Crippen LogP contribution in [0.25, 0.3) is 0 Å². The maximum absolute atomic E-state index is 14.6. The molecular weight excluding hydrogens is 459 g/mol. The zero-order valence-electron chi connectivity index (χ0n) is 19.2. The number of nitrogens with zero attached hydrogens (tertiary/aromatic N) is 2. The van der Waals surface area contributed by atoms with Crippen LogP contribution in [0, 0.1) is 27.7 Å². The Kier molecular flexibility index (Phi) is 6.20.